The van der Waals surface area contributed by atoms with Crippen molar-refractivity contribution in [2.45, 2.75) is 32.6 Å². The Morgan fingerprint density at radius 3 is 3.00 bits per heavy atom. The summed E-state index contributed by atoms with van der Waals surface area (Å²) >= 11 is 1.70. The van der Waals surface area contributed by atoms with Crippen molar-refractivity contribution in [3.63, 3.8) is 0 Å². The molecular weight excluding hydrogens is 296 g/mol. The average molecular weight is 318 g/mol. The van der Waals surface area contributed by atoms with Gasteiger partial charge in [0.05, 0.1) is 27.4 Å². The van der Waals surface area contributed by atoms with Crippen LogP contribution in [0.2, 0.25) is 0 Å². The predicted molar refractivity (Wildman–Crippen MR) is 89.5 cm³/mol. The van der Waals surface area contributed by atoms with Crippen LogP contribution < -0.4 is 5.32 Å². The minimum atomic E-state index is -0.256. The van der Waals surface area contributed by atoms with Crippen LogP contribution in [0.15, 0.2) is 18.2 Å². The van der Waals surface area contributed by atoms with E-state index < -0.39 is 0 Å². The first-order chi connectivity index (χ1) is 10.8. The molecule has 22 heavy (non-hydrogen) atoms. The molecule has 1 aliphatic rings. The number of hydrogen-bond donors (Lipinski definition) is 1. The van der Waals surface area contributed by atoms with E-state index in [0.29, 0.717) is 12.2 Å². The number of piperidine rings is 1. The normalized spacial score (nSPS) is 16.0. The van der Waals surface area contributed by atoms with E-state index in [4.69, 9.17) is 9.72 Å². The second kappa shape index (κ2) is 7.20. The molecule has 0 atom stereocenters. The summed E-state index contributed by atoms with van der Waals surface area (Å²) in [4.78, 5) is 16.5. The number of thiazole rings is 1. The van der Waals surface area contributed by atoms with E-state index in [-0.39, 0.29) is 5.97 Å². The van der Waals surface area contributed by atoms with E-state index >= 15 is 0 Å². The first-order valence-corrected chi connectivity index (χ1v) is 8.85. The number of nitrogens with one attached hydrogen (secondary N) is 1. The van der Waals surface area contributed by atoms with Gasteiger partial charge in [-0.15, -0.1) is 11.3 Å². The van der Waals surface area contributed by atoms with Gasteiger partial charge < -0.3 is 10.1 Å². The highest BCUT2D eigenvalue weighted by Crippen LogP contribution is 2.26. The van der Waals surface area contributed by atoms with Gasteiger partial charge in [-0.3, -0.25) is 0 Å². The molecule has 2 heterocycles. The Morgan fingerprint density at radius 2 is 2.23 bits per heavy atom. The Bertz CT molecular complexity index is 647. The third-order valence-corrected chi connectivity index (χ3v) is 5.25. The van der Waals surface area contributed by atoms with Crippen molar-refractivity contribution < 1.29 is 9.53 Å². The molecule has 1 aromatic carbocycles. The van der Waals surface area contributed by atoms with Crippen LogP contribution in [0.25, 0.3) is 10.2 Å². The van der Waals surface area contributed by atoms with Crippen molar-refractivity contribution in [3.05, 3.63) is 28.8 Å². The monoisotopic (exact) mass is 318 g/mol. The zero-order valence-electron chi connectivity index (χ0n) is 12.9. The summed E-state index contributed by atoms with van der Waals surface area (Å²) in [5, 5.41) is 4.58. The maximum atomic E-state index is 11.8. The van der Waals surface area contributed by atoms with Gasteiger partial charge in [0.15, 0.2) is 0 Å². The number of carbonyl (C=O) groups is 1. The number of rotatable bonds is 5. The van der Waals surface area contributed by atoms with E-state index in [9.17, 15) is 4.79 Å². The zero-order valence-corrected chi connectivity index (χ0v) is 13.7. The van der Waals surface area contributed by atoms with Crippen LogP contribution in [0, 0.1) is 5.92 Å². The highest BCUT2D eigenvalue weighted by molar-refractivity contribution is 7.18. The van der Waals surface area contributed by atoms with Crippen molar-refractivity contribution in [1.82, 2.24) is 10.3 Å². The van der Waals surface area contributed by atoms with Gasteiger partial charge in [0, 0.05) is 0 Å². The van der Waals surface area contributed by atoms with E-state index in [1.165, 1.54) is 24.3 Å². The molecule has 2 aromatic rings. The molecule has 3 rings (SSSR count). The summed E-state index contributed by atoms with van der Waals surface area (Å²) in [5.41, 5.74) is 1.60. The molecule has 5 heteroatoms. The third kappa shape index (κ3) is 3.65. The van der Waals surface area contributed by atoms with Crippen LogP contribution in [-0.2, 0) is 11.2 Å². The summed E-state index contributed by atoms with van der Waals surface area (Å²) in [6.07, 6.45) is 4.81. The number of nitrogens with zero attached hydrogens (tertiary/aromatic N) is 1. The minimum absolute atomic E-state index is 0.256. The fourth-order valence-corrected chi connectivity index (χ4v) is 3.94. The molecule has 118 valence electrons. The second-order valence-electron chi connectivity index (χ2n) is 5.74. The van der Waals surface area contributed by atoms with Crippen LogP contribution in [0.5, 0.6) is 0 Å². The maximum absolute atomic E-state index is 11.8. The molecule has 0 saturated carbocycles. The summed E-state index contributed by atoms with van der Waals surface area (Å²) in [7, 11) is 0. The Hall–Kier alpha value is -1.46. The first-order valence-electron chi connectivity index (χ1n) is 8.03. The molecule has 0 spiro atoms. The predicted octanol–water partition coefficient (Wildman–Crippen LogP) is 3.41. The van der Waals surface area contributed by atoms with Gasteiger partial charge in [-0.25, -0.2) is 9.78 Å². The lowest BCUT2D eigenvalue weighted by Crippen LogP contribution is -2.27. The fourth-order valence-electron chi connectivity index (χ4n) is 2.92. The number of fused-ring (bicyclic) bond motifs is 1. The number of hydrogen-bond acceptors (Lipinski definition) is 5. The number of benzene rings is 1. The number of carbonyl (C=O) groups excluding carboxylic acids is 1. The number of aryl methyl sites for hydroxylation is 1. The third-order valence-electron chi connectivity index (χ3n) is 4.17. The van der Waals surface area contributed by atoms with Crippen molar-refractivity contribution in [3.8, 4) is 0 Å². The lowest BCUT2D eigenvalue weighted by molar-refractivity contribution is 0.0526. The van der Waals surface area contributed by atoms with Crippen LogP contribution in [0.1, 0.15) is 41.6 Å². The van der Waals surface area contributed by atoms with Gasteiger partial charge in [-0.1, -0.05) is 0 Å². The van der Waals surface area contributed by atoms with Crippen LogP contribution in [0.4, 0.5) is 0 Å². The van der Waals surface area contributed by atoms with Gasteiger partial charge >= 0.3 is 5.97 Å². The second-order valence-corrected chi connectivity index (χ2v) is 6.86. The summed E-state index contributed by atoms with van der Waals surface area (Å²) in [6, 6.07) is 5.63. The summed E-state index contributed by atoms with van der Waals surface area (Å²) in [6.45, 7) is 4.52. The Labute approximate surface area is 134 Å². The molecule has 1 N–H and O–H groups in total. The highest BCUT2D eigenvalue weighted by Gasteiger charge is 2.15. The van der Waals surface area contributed by atoms with Crippen molar-refractivity contribution in [2.75, 3.05) is 19.7 Å². The molecular formula is C17H22N2O2S. The molecule has 1 aliphatic heterocycles. The number of aromatic nitrogens is 1. The molecule has 1 fully saturated rings. The number of ether oxygens (including phenoxy) is 1. The van der Waals surface area contributed by atoms with E-state index in [1.807, 2.05) is 19.1 Å². The highest BCUT2D eigenvalue weighted by atomic mass is 32.1. The molecule has 1 aromatic heterocycles. The molecule has 0 amide bonds. The SMILES string of the molecule is CCOC(=O)c1ccc2nc(CCC3CCNCC3)sc2c1. The van der Waals surface area contributed by atoms with Gasteiger partial charge in [0.1, 0.15) is 0 Å². The Balaban J connectivity index is 1.68. The zero-order chi connectivity index (χ0) is 15.4. The van der Waals surface area contributed by atoms with Crippen LogP contribution in [-0.4, -0.2) is 30.6 Å². The van der Waals surface area contributed by atoms with E-state index in [1.54, 1.807) is 17.4 Å². The molecule has 0 unspecified atom stereocenters. The lowest BCUT2D eigenvalue weighted by Gasteiger charge is -2.21. The molecule has 0 radical (unpaired) electrons. The van der Waals surface area contributed by atoms with Crippen LogP contribution >= 0.6 is 11.3 Å². The van der Waals surface area contributed by atoms with Gasteiger partial charge in [-0.05, 0) is 69.8 Å². The maximum Gasteiger partial charge on any atom is 0.338 e. The minimum Gasteiger partial charge on any atom is -0.462 e. The smallest absolute Gasteiger partial charge is 0.338 e. The standard InChI is InChI=1S/C17H22N2O2S/c1-2-21-17(20)13-4-5-14-15(11-13)22-16(19-14)6-3-12-7-9-18-10-8-12/h4-5,11-12,18H,2-3,6-10H2,1H3. The molecule has 4 nitrogen and oxygen atoms in total. The number of esters is 1. The van der Waals surface area contributed by atoms with Crippen LogP contribution in [0.3, 0.4) is 0 Å². The quantitative estimate of drug-likeness (QED) is 0.858. The Kier molecular flexibility index (Phi) is 5.05. The van der Waals surface area contributed by atoms with E-state index in [2.05, 4.69) is 5.32 Å². The average Bonchev–Trinajstić information content (AvgIpc) is 2.96. The Morgan fingerprint density at radius 1 is 1.41 bits per heavy atom. The molecule has 0 aliphatic carbocycles. The van der Waals surface area contributed by atoms with E-state index in [0.717, 1.165) is 35.6 Å². The fraction of sp³-hybridized carbons (Fsp3) is 0.529. The summed E-state index contributed by atoms with van der Waals surface area (Å²) < 4.78 is 6.12. The van der Waals surface area contributed by atoms with Gasteiger partial charge in [0.2, 0.25) is 0 Å². The van der Waals surface area contributed by atoms with Crippen molar-refractivity contribution >= 4 is 27.5 Å². The topological polar surface area (TPSA) is 51.2 Å². The largest absolute Gasteiger partial charge is 0.462 e. The lowest BCUT2D eigenvalue weighted by atomic mass is 9.93. The van der Waals surface area contributed by atoms with Crippen molar-refractivity contribution in [1.29, 1.82) is 0 Å². The van der Waals surface area contributed by atoms with Crippen molar-refractivity contribution in [2.24, 2.45) is 5.92 Å². The van der Waals surface area contributed by atoms with Gasteiger partial charge in [-0.2, -0.15) is 0 Å². The molecule has 0 bridgehead atoms. The first kappa shape index (κ1) is 15.4. The summed E-state index contributed by atoms with van der Waals surface area (Å²) in [5.74, 6) is 0.567. The van der Waals surface area contributed by atoms with Gasteiger partial charge in [0.25, 0.3) is 0 Å². The molecule has 1 saturated heterocycles.